The summed E-state index contributed by atoms with van der Waals surface area (Å²) in [5, 5.41) is 12.0. The van der Waals surface area contributed by atoms with Gasteiger partial charge in [-0.2, -0.15) is 0 Å². The van der Waals surface area contributed by atoms with E-state index in [4.69, 9.17) is 10.8 Å². The maximum Gasteiger partial charge on any atom is 0.247 e. The lowest BCUT2D eigenvalue weighted by atomic mass is 10.2. The summed E-state index contributed by atoms with van der Waals surface area (Å²) in [6.45, 7) is 0.741. The average Bonchev–Trinajstić information content (AvgIpc) is 2.19. The molecule has 0 fully saturated rings. The van der Waals surface area contributed by atoms with Crippen molar-refractivity contribution >= 4 is 5.91 Å². The number of aliphatic hydroxyl groups is 1. The topological polar surface area (TPSA) is 88.2 Å². The number of nitrogens with two attached hydrogens (primary N) is 1. The molecule has 1 unspecified atom stereocenters. The molecule has 5 nitrogen and oxygen atoms in total. The van der Waals surface area contributed by atoms with Crippen molar-refractivity contribution in [3.8, 4) is 0 Å². The predicted molar refractivity (Wildman–Crippen MR) is 51.1 cm³/mol. The van der Waals surface area contributed by atoms with E-state index >= 15 is 0 Å². The van der Waals surface area contributed by atoms with Crippen molar-refractivity contribution in [3.63, 3.8) is 0 Å². The van der Waals surface area contributed by atoms with Gasteiger partial charge in [-0.25, -0.2) is 0 Å². The van der Waals surface area contributed by atoms with Gasteiger partial charge >= 0.3 is 0 Å². The van der Waals surface area contributed by atoms with E-state index in [1.165, 1.54) is 0 Å². The lowest BCUT2D eigenvalue weighted by molar-refractivity contribution is -0.125. The van der Waals surface area contributed by atoms with Crippen molar-refractivity contribution in [3.05, 3.63) is 30.1 Å². The van der Waals surface area contributed by atoms with Gasteiger partial charge in [0.05, 0.1) is 0 Å². The number of amides is 1. The van der Waals surface area contributed by atoms with Crippen molar-refractivity contribution in [2.24, 2.45) is 5.73 Å². The molecule has 4 N–H and O–H groups in total. The molecule has 1 atom stereocenters. The molecule has 0 bridgehead atoms. The third-order valence-electron chi connectivity index (χ3n) is 1.74. The first kappa shape index (κ1) is 10.6. The monoisotopic (exact) mass is 195 g/mol. The zero-order chi connectivity index (χ0) is 10.4. The van der Waals surface area contributed by atoms with Gasteiger partial charge < -0.3 is 16.2 Å². The summed E-state index contributed by atoms with van der Waals surface area (Å²) in [5.41, 5.74) is 5.92. The summed E-state index contributed by atoms with van der Waals surface area (Å²) in [6.07, 6.45) is 2.24. The summed E-state index contributed by atoms with van der Waals surface area (Å²) in [7, 11) is 0. The minimum atomic E-state index is -1.13. The summed E-state index contributed by atoms with van der Waals surface area (Å²) in [6, 6.07) is 3.70. The van der Waals surface area contributed by atoms with Crippen LogP contribution in [0.1, 0.15) is 5.56 Å². The van der Waals surface area contributed by atoms with Gasteiger partial charge in [0.25, 0.3) is 0 Å². The smallest absolute Gasteiger partial charge is 0.247 e. The molecule has 1 aromatic heterocycles. The molecular weight excluding hydrogens is 182 g/mol. The van der Waals surface area contributed by atoms with Crippen LogP contribution in [0.4, 0.5) is 0 Å². The molecule has 1 amide bonds. The first-order chi connectivity index (χ1) is 6.70. The van der Waals surface area contributed by atoms with Crippen molar-refractivity contribution in [1.82, 2.24) is 10.3 Å². The summed E-state index contributed by atoms with van der Waals surface area (Å²) in [5.74, 6) is -0.716. The fourth-order valence-corrected chi connectivity index (χ4v) is 0.954. The third-order valence-corrected chi connectivity index (χ3v) is 1.74. The number of nitrogens with zero attached hydrogens (tertiary/aromatic N) is 1. The highest BCUT2D eigenvalue weighted by molar-refractivity contribution is 5.78. The highest BCUT2D eigenvalue weighted by Gasteiger charge is 2.08. The van der Waals surface area contributed by atoms with E-state index < -0.39 is 12.0 Å². The lowest BCUT2D eigenvalue weighted by Crippen LogP contribution is -2.37. The van der Waals surface area contributed by atoms with Gasteiger partial charge in [-0.15, -0.1) is 0 Å². The Morgan fingerprint density at radius 3 is 2.79 bits per heavy atom. The van der Waals surface area contributed by atoms with E-state index in [2.05, 4.69) is 10.3 Å². The van der Waals surface area contributed by atoms with Crippen molar-refractivity contribution < 1.29 is 9.90 Å². The quantitative estimate of drug-likeness (QED) is 0.563. The molecule has 1 aromatic rings. The molecule has 0 aliphatic rings. The second kappa shape index (κ2) is 5.31. The zero-order valence-corrected chi connectivity index (χ0v) is 7.68. The summed E-state index contributed by atoms with van der Waals surface area (Å²) >= 11 is 0. The number of carbonyl (C=O) groups excluding carboxylic acids is 1. The molecule has 0 aliphatic heterocycles. The van der Waals surface area contributed by atoms with Gasteiger partial charge in [0.1, 0.15) is 6.10 Å². The van der Waals surface area contributed by atoms with E-state index in [0.717, 1.165) is 5.56 Å². The van der Waals surface area contributed by atoms with Crippen LogP contribution < -0.4 is 11.1 Å². The minimum Gasteiger partial charge on any atom is -0.382 e. The number of rotatable bonds is 5. The maximum absolute atomic E-state index is 10.5. The van der Waals surface area contributed by atoms with Crippen molar-refractivity contribution in [2.75, 3.05) is 6.54 Å². The van der Waals surface area contributed by atoms with E-state index in [1.807, 2.05) is 12.1 Å². The molecule has 14 heavy (non-hydrogen) atoms. The fourth-order valence-electron chi connectivity index (χ4n) is 0.954. The van der Waals surface area contributed by atoms with Crippen LogP contribution in [-0.4, -0.2) is 28.6 Å². The second-order valence-corrected chi connectivity index (χ2v) is 2.90. The largest absolute Gasteiger partial charge is 0.382 e. The van der Waals surface area contributed by atoms with Gasteiger partial charge in [0.2, 0.25) is 5.91 Å². The Balaban J connectivity index is 2.26. The van der Waals surface area contributed by atoms with Crippen molar-refractivity contribution in [2.45, 2.75) is 12.6 Å². The van der Waals surface area contributed by atoms with Crippen LogP contribution in [0, 0.1) is 0 Å². The molecule has 1 heterocycles. The molecule has 0 spiro atoms. The third kappa shape index (κ3) is 3.51. The Hall–Kier alpha value is -1.46. The molecule has 0 aromatic carbocycles. The molecular formula is C9H13N3O2. The van der Waals surface area contributed by atoms with Gasteiger partial charge in [-0.05, 0) is 17.7 Å². The van der Waals surface area contributed by atoms with E-state index in [0.29, 0.717) is 6.54 Å². The number of aliphatic hydroxyl groups excluding tert-OH is 1. The normalized spacial score (nSPS) is 12.4. The van der Waals surface area contributed by atoms with Crippen LogP contribution in [0.5, 0.6) is 0 Å². The highest BCUT2D eigenvalue weighted by atomic mass is 16.3. The molecule has 0 saturated carbocycles. The van der Waals surface area contributed by atoms with Crippen LogP contribution in [0.3, 0.4) is 0 Å². The van der Waals surface area contributed by atoms with E-state index in [9.17, 15) is 4.79 Å². The number of hydrogen-bond donors (Lipinski definition) is 3. The van der Waals surface area contributed by atoms with Crippen LogP contribution >= 0.6 is 0 Å². The van der Waals surface area contributed by atoms with Crippen LogP contribution in [-0.2, 0) is 11.3 Å². The summed E-state index contributed by atoms with van der Waals surface area (Å²) < 4.78 is 0. The molecule has 76 valence electrons. The zero-order valence-electron chi connectivity index (χ0n) is 7.68. The minimum absolute atomic E-state index is 0.164. The van der Waals surface area contributed by atoms with Gasteiger partial charge in [-0.3, -0.25) is 9.78 Å². The Bertz CT molecular complexity index is 289. The number of hydrogen-bond acceptors (Lipinski definition) is 4. The summed E-state index contributed by atoms with van der Waals surface area (Å²) in [4.78, 5) is 14.3. The van der Waals surface area contributed by atoms with Crippen LogP contribution in [0.15, 0.2) is 24.5 Å². The Morgan fingerprint density at radius 1 is 1.57 bits per heavy atom. The molecule has 0 aliphatic carbocycles. The average molecular weight is 195 g/mol. The molecule has 0 radical (unpaired) electrons. The number of nitrogens with one attached hydrogen (secondary N) is 1. The molecule has 0 saturated heterocycles. The van der Waals surface area contributed by atoms with Crippen LogP contribution in [0.2, 0.25) is 0 Å². The van der Waals surface area contributed by atoms with Crippen LogP contribution in [0.25, 0.3) is 0 Å². The Morgan fingerprint density at radius 2 is 2.21 bits per heavy atom. The lowest BCUT2D eigenvalue weighted by Gasteiger charge is -2.07. The first-order valence-electron chi connectivity index (χ1n) is 4.27. The van der Waals surface area contributed by atoms with E-state index in [1.54, 1.807) is 12.4 Å². The van der Waals surface area contributed by atoms with Gasteiger partial charge in [0.15, 0.2) is 0 Å². The number of primary amides is 1. The number of pyridine rings is 1. The predicted octanol–water partition coefficient (Wildman–Crippen LogP) is -0.983. The van der Waals surface area contributed by atoms with Gasteiger partial charge in [-0.1, -0.05) is 0 Å². The second-order valence-electron chi connectivity index (χ2n) is 2.90. The number of carbonyl (C=O) groups is 1. The van der Waals surface area contributed by atoms with Gasteiger partial charge in [0, 0.05) is 25.5 Å². The maximum atomic E-state index is 10.5. The Kier molecular flexibility index (Phi) is 4.03. The Labute approximate surface area is 82.0 Å². The first-order valence-corrected chi connectivity index (χ1v) is 4.27. The standard InChI is InChI=1S/C9H13N3O2/c10-9(14)8(13)6-12-5-7-1-3-11-4-2-7/h1-4,8,12-13H,5-6H2,(H2,10,14). The highest BCUT2D eigenvalue weighted by Crippen LogP contribution is 1.94. The number of aromatic nitrogens is 1. The van der Waals surface area contributed by atoms with Crippen molar-refractivity contribution in [1.29, 1.82) is 0 Å². The molecule has 5 heteroatoms. The van der Waals surface area contributed by atoms with E-state index in [-0.39, 0.29) is 6.54 Å². The fraction of sp³-hybridized carbons (Fsp3) is 0.333. The molecule has 1 rings (SSSR count). The SMILES string of the molecule is NC(=O)C(O)CNCc1ccncc1.